The second-order valence-electron chi connectivity index (χ2n) is 5.17. The van der Waals surface area contributed by atoms with Crippen LogP contribution in [0, 0.1) is 5.92 Å². The molecule has 0 bridgehead atoms. The molecule has 0 aliphatic heterocycles. The Morgan fingerprint density at radius 3 is 2.24 bits per heavy atom. The fraction of sp³-hybridized carbons (Fsp3) is 0.833. The van der Waals surface area contributed by atoms with Gasteiger partial charge in [-0.05, 0) is 34.1 Å². The Balaban J connectivity index is 4.44. The van der Waals surface area contributed by atoms with E-state index >= 15 is 0 Å². The highest BCUT2D eigenvalue weighted by Gasteiger charge is 2.26. The van der Waals surface area contributed by atoms with Gasteiger partial charge in [0.1, 0.15) is 5.60 Å². The first-order chi connectivity index (χ1) is 7.67. The van der Waals surface area contributed by atoms with Crippen molar-refractivity contribution in [3.8, 4) is 0 Å². The third-order valence-electron chi connectivity index (χ3n) is 2.29. The standard InChI is InChI=1S/C12H23NO4/c1-6-7-9(8(2)10(14)15)13-11(16)17-12(3,4)5/h8-9H,6-7H2,1-5H3,(H,13,16)(H,14,15)/t8-,9-/m0/s1. The van der Waals surface area contributed by atoms with Crippen molar-refractivity contribution in [2.75, 3.05) is 0 Å². The van der Waals surface area contributed by atoms with Crippen molar-refractivity contribution in [2.45, 2.75) is 59.1 Å². The van der Waals surface area contributed by atoms with Crippen LogP contribution in [0.25, 0.3) is 0 Å². The number of rotatable bonds is 5. The minimum Gasteiger partial charge on any atom is -0.481 e. The Morgan fingerprint density at radius 1 is 1.35 bits per heavy atom. The highest BCUT2D eigenvalue weighted by molar-refractivity contribution is 5.73. The molecular weight excluding hydrogens is 222 g/mol. The number of alkyl carbamates (subject to hydrolysis) is 1. The second kappa shape index (κ2) is 6.47. The summed E-state index contributed by atoms with van der Waals surface area (Å²) in [7, 11) is 0. The summed E-state index contributed by atoms with van der Waals surface area (Å²) in [4.78, 5) is 22.4. The second-order valence-corrected chi connectivity index (χ2v) is 5.17. The molecule has 0 saturated carbocycles. The van der Waals surface area contributed by atoms with Crippen LogP contribution in [0.15, 0.2) is 0 Å². The quantitative estimate of drug-likeness (QED) is 0.779. The van der Waals surface area contributed by atoms with E-state index in [0.717, 1.165) is 6.42 Å². The number of carbonyl (C=O) groups excluding carboxylic acids is 1. The van der Waals surface area contributed by atoms with Crippen LogP contribution in [0.4, 0.5) is 4.79 Å². The summed E-state index contributed by atoms with van der Waals surface area (Å²) in [6.07, 6.45) is 0.856. The van der Waals surface area contributed by atoms with Gasteiger partial charge in [-0.15, -0.1) is 0 Å². The van der Waals surface area contributed by atoms with Crippen molar-refractivity contribution in [2.24, 2.45) is 5.92 Å². The number of amides is 1. The van der Waals surface area contributed by atoms with Crippen LogP contribution in [0.3, 0.4) is 0 Å². The van der Waals surface area contributed by atoms with E-state index < -0.39 is 29.6 Å². The predicted molar refractivity (Wildman–Crippen MR) is 64.9 cm³/mol. The van der Waals surface area contributed by atoms with Crippen LogP contribution in [0.2, 0.25) is 0 Å². The molecule has 0 unspecified atom stereocenters. The number of carboxylic acids is 1. The molecule has 0 aliphatic carbocycles. The van der Waals surface area contributed by atoms with Gasteiger partial charge in [-0.2, -0.15) is 0 Å². The molecule has 0 fully saturated rings. The molecule has 0 aromatic heterocycles. The number of nitrogens with one attached hydrogen (secondary N) is 1. The highest BCUT2D eigenvalue weighted by atomic mass is 16.6. The van der Waals surface area contributed by atoms with Crippen molar-refractivity contribution < 1.29 is 19.4 Å². The van der Waals surface area contributed by atoms with Crippen molar-refractivity contribution in [1.82, 2.24) is 5.32 Å². The fourth-order valence-electron chi connectivity index (χ4n) is 1.39. The van der Waals surface area contributed by atoms with Gasteiger partial charge >= 0.3 is 12.1 Å². The molecule has 5 nitrogen and oxygen atoms in total. The lowest BCUT2D eigenvalue weighted by atomic mass is 9.98. The molecule has 0 aromatic carbocycles. The average molecular weight is 245 g/mol. The lowest BCUT2D eigenvalue weighted by Crippen LogP contribution is -2.44. The first-order valence-electron chi connectivity index (χ1n) is 5.89. The van der Waals surface area contributed by atoms with Crippen LogP contribution in [-0.4, -0.2) is 28.8 Å². The minimum absolute atomic E-state index is 0.396. The zero-order valence-electron chi connectivity index (χ0n) is 11.2. The summed E-state index contributed by atoms with van der Waals surface area (Å²) in [5.41, 5.74) is -0.576. The summed E-state index contributed by atoms with van der Waals surface area (Å²) < 4.78 is 5.10. The normalized spacial score (nSPS) is 14.9. The molecule has 2 atom stereocenters. The molecule has 0 radical (unpaired) electrons. The SMILES string of the molecule is CCC[C@H](NC(=O)OC(C)(C)C)[C@H](C)C(=O)O. The number of aliphatic carboxylic acids is 1. The van der Waals surface area contributed by atoms with Crippen LogP contribution in [-0.2, 0) is 9.53 Å². The molecule has 1 amide bonds. The zero-order chi connectivity index (χ0) is 13.6. The number of ether oxygens (including phenoxy) is 1. The van der Waals surface area contributed by atoms with Gasteiger partial charge in [0.05, 0.1) is 5.92 Å². The molecule has 0 heterocycles. The topological polar surface area (TPSA) is 75.6 Å². The van der Waals surface area contributed by atoms with E-state index in [4.69, 9.17) is 9.84 Å². The highest BCUT2D eigenvalue weighted by Crippen LogP contribution is 2.12. The van der Waals surface area contributed by atoms with E-state index in [1.54, 1.807) is 27.7 Å². The molecular formula is C12H23NO4. The van der Waals surface area contributed by atoms with E-state index in [1.165, 1.54) is 0 Å². The summed E-state index contributed by atoms with van der Waals surface area (Å²) in [5.74, 6) is -1.54. The first kappa shape index (κ1) is 15.7. The summed E-state index contributed by atoms with van der Waals surface area (Å²) in [6, 6.07) is -0.396. The van der Waals surface area contributed by atoms with Gasteiger partial charge in [0.15, 0.2) is 0 Å². The lowest BCUT2D eigenvalue weighted by Gasteiger charge is -2.25. The maximum absolute atomic E-state index is 11.5. The molecule has 0 aromatic rings. The summed E-state index contributed by atoms with van der Waals surface area (Å²) >= 11 is 0. The van der Waals surface area contributed by atoms with Crippen molar-refractivity contribution >= 4 is 12.1 Å². The molecule has 0 saturated heterocycles. The van der Waals surface area contributed by atoms with E-state index in [-0.39, 0.29) is 0 Å². The van der Waals surface area contributed by atoms with Crippen LogP contribution in [0.1, 0.15) is 47.5 Å². The Labute approximate surface area is 103 Å². The fourth-order valence-corrected chi connectivity index (χ4v) is 1.39. The monoisotopic (exact) mass is 245 g/mol. The van der Waals surface area contributed by atoms with Gasteiger partial charge in [-0.25, -0.2) is 4.79 Å². The van der Waals surface area contributed by atoms with Crippen LogP contribution < -0.4 is 5.32 Å². The molecule has 0 spiro atoms. The van der Waals surface area contributed by atoms with Crippen LogP contribution >= 0.6 is 0 Å². The zero-order valence-corrected chi connectivity index (χ0v) is 11.2. The Kier molecular flexibility index (Phi) is 5.99. The van der Waals surface area contributed by atoms with E-state index in [1.807, 2.05) is 6.92 Å². The van der Waals surface area contributed by atoms with Gasteiger partial charge in [0.2, 0.25) is 0 Å². The molecule has 0 rings (SSSR count). The minimum atomic E-state index is -0.917. The Bertz CT molecular complexity index is 270. The van der Waals surface area contributed by atoms with Gasteiger partial charge in [0.25, 0.3) is 0 Å². The maximum atomic E-state index is 11.5. The number of hydrogen-bond donors (Lipinski definition) is 2. The number of carbonyl (C=O) groups is 2. The Hall–Kier alpha value is -1.26. The molecule has 2 N–H and O–H groups in total. The first-order valence-corrected chi connectivity index (χ1v) is 5.89. The van der Waals surface area contributed by atoms with Gasteiger partial charge in [-0.1, -0.05) is 13.3 Å². The van der Waals surface area contributed by atoms with Crippen molar-refractivity contribution in [3.05, 3.63) is 0 Å². The summed E-state index contributed by atoms with van der Waals surface area (Å²) in [5, 5.41) is 11.5. The Morgan fingerprint density at radius 2 is 1.88 bits per heavy atom. The van der Waals surface area contributed by atoms with Crippen LogP contribution in [0.5, 0.6) is 0 Å². The lowest BCUT2D eigenvalue weighted by molar-refractivity contribution is -0.142. The van der Waals surface area contributed by atoms with Gasteiger partial charge in [0, 0.05) is 6.04 Å². The third kappa shape index (κ3) is 6.81. The van der Waals surface area contributed by atoms with E-state index in [2.05, 4.69) is 5.32 Å². The smallest absolute Gasteiger partial charge is 0.407 e. The van der Waals surface area contributed by atoms with E-state index in [0.29, 0.717) is 6.42 Å². The van der Waals surface area contributed by atoms with E-state index in [9.17, 15) is 9.59 Å². The molecule has 17 heavy (non-hydrogen) atoms. The average Bonchev–Trinajstić information content (AvgIpc) is 2.12. The van der Waals surface area contributed by atoms with Gasteiger partial charge in [-0.3, -0.25) is 4.79 Å². The molecule has 0 aliphatic rings. The third-order valence-corrected chi connectivity index (χ3v) is 2.29. The summed E-state index contributed by atoms with van der Waals surface area (Å²) in [6.45, 7) is 8.82. The predicted octanol–water partition coefficient (Wildman–Crippen LogP) is 2.40. The number of hydrogen-bond acceptors (Lipinski definition) is 3. The van der Waals surface area contributed by atoms with Crippen molar-refractivity contribution in [1.29, 1.82) is 0 Å². The van der Waals surface area contributed by atoms with Gasteiger partial charge < -0.3 is 15.2 Å². The maximum Gasteiger partial charge on any atom is 0.407 e. The molecule has 100 valence electrons. The largest absolute Gasteiger partial charge is 0.481 e. The van der Waals surface area contributed by atoms with Crippen molar-refractivity contribution in [3.63, 3.8) is 0 Å². The number of carboxylic acid groups (broad SMARTS) is 1. The molecule has 5 heteroatoms.